The number of pyridine rings is 1. The monoisotopic (exact) mass is 364 g/mol. The van der Waals surface area contributed by atoms with E-state index in [2.05, 4.69) is 25.0 Å². The third-order valence-electron chi connectivity index (χ3n) is 4.16. The fourth-order valence-electron chi connectivity index (χ4n) is 2.85. The Labute approximate surface area is 147 Å². The molecule has 24 heavy (non-hydrogen) atoms. The number of halogens is 2. The van der Waals surface area contributed by atoms with Crippen molar-refractivity contribution in [1.82, 2.24) is 24.7 Å². The van der Waals surface area contributed by atoms with Gasteiger partial charge >= 0.3 is 0 Å². The first-order valence-electron chi connectivity index (χ1n) is 7.47. The van der Waals surface area contributed by atoms with Gasteiger partial charge in [-0.05, 0) is 18.7 Å². The van der Waals surface area contributed by atoms with Crippen molar-refractivity contribution in [3.63, 3.8) is 0 Å². The van der Waals surface area contributed by atoms with Crippen LogP contribution in [0.15, 0.2) is 29.8 Å². The van der Waals surface area contributed by atoms with Crippen LogP contribution in [0.2, 0.25) is 5.15 Å². The van der Waals surface area contributed by atoms with Gasteiger partial charge in [-0.1, -0.05) is 23.4 Å². The van der Waals surface area contributed by atoms with Gasteiger partial charge in [-0.15, -0.1) is 0 Å². The number of hydrogen-bond donors (Lipinski definition) is 0. The summed E-state index contributed by atoms with van der Waals surface area (Å²) in [5.74, 6) is 0.0322. The Morgan fingerprint density at radius 1 is 1.42 bits per heavy atom. The zero-order valence-corrected chi connectivity index (χ0v) is 14.4. The highest BCUT2D eigenvalue weighted by Crippen LogP contribution is 2.35. The van der Waals surface area contributed by atoms with Crippen LogP contribution in [0.5, 0.6) is 0 Å². The van der Waals surface area contributed by atoms with Gasteiger partial charge in [0.05, 0.1) is 18.0 Å². The molecule has 0 amide bonds. The number of fused-ring (bicyclic) bond motifs is 1. The highest BCUT2D eigenvalue weighted by molar-refractivity contribution is 7.98. The van der Waals surface area contributed by atoms with Crippen molar-refractivity contribution < 1.29 is 4.39 Å². The van der Waals surface area contributed by atoms with E-state index in [9.17, 15) is 4.39 Å². The molecule has 0 saturated carbocycles. The molecule has 124 valence electrons. The highest BCUT2D eigenvalue weighted by atomic mass is 35.5. The zero-order chi connectivity index (χ0) is 16.7. The average Bonchev–Trinajstić information content (AvgIpc) is 3.09. The molecule has 1 fully saturated rings. The quantitative estimate of drug-likeness (QED) is 0.403. The van der Waals surface area contributed by atoms with E-state index in [1.165, 1.54) is 11.8 Å². The summed E-state index contributed by atoms with van der Waals surface area (Å²) >= 11 is 7.36. The molecule has 0 spiro atoms. The molecule has 0 radical (unpaired) electrons. The molecule has 0 unspecified atom stereocenters. The van der Waals surface area contributed by atoms with Crippen LogP contribution >= 0.6 is 23.4 Å². The van der Waals surface area contributed by atoms with Crippen LogP contribution in [-0.4, -0.2) is 43.6 Å². The van der Waals surface area contributed by atoms with Gasteiger partial charge in [-0.3, -0.25) is 4.68 Å². The predicted octanol–water partition coefficient (Wildman–Crippen LogP) is 3.01. The Hall–Kier alpha value is -1.93. The van der Waals surface area contributed by atoms with Crippen LogP contribution in [0.1, 0.15) is 6.42 Å². The smallest absolute Gasteiger partial charge is 0.187 e. The second-order valence-corrected chi connectivity index (χ2v) is 6.65. The maximum Gasteiger partial charge on any atom is 0.187 e. The molecule has 1 saturated heterocycles. The van der Waals surface area contributed by atoms with Gasteiger partial charge in [0.2, 0.25) is 0 Å². The van der Waals surface area contributed by atoms with E-state index in [0.717, 1.165) is 19.5 Å². The summed E-state index contributed by atoms with van der Waals surface area (Å²) in [5.41, 5.74) is 0.217. The molecule has 1 atom stereocenters. The number of aromatic nitrogens is 5. The second-order valence-electron chi connectivity index (χ2n) is 5.52. The molecule has 0 N–H and O–H groups in total. The number of rotatable bonds is 4. The predicted molar refractivity (Wildman–Crippen MR) is 92.1 cm³/mol. The molecule has 0 aromatic carbocycles. The largest absolute Gasteiger partial charge is 0.351 e. The molecule has 0 aliphatic carbocycles. The standard InChI is InChI=1S/C15H14ClFN6S/c1-24-15-18-7-10-12(20-15)11(17)13(16)21-14(10)23-6-3-9(23)8-22-5-2-4-19-22/h2,4-5,7,9H,3,6,8H2,1H3/t9-/m1/s1. The van der Waals surface area contributed by atoms with Gasteiger partial charge in [-0.25, -0.2) is 19.3 Å². The molecule has 3 aromatic heterocycles. The number of anilines is 1. The van der Waals surface area contributed by atoms with Crippen molar-refractivity contribution in [2.45, 2.75) is 24.2 Å². The number of thioether (sulfide) groups is 1. The normalized spacial score (nSPS) is 17.3. The van der Waals surface area contributed by atoms with Gasteiger partial charge in [0.15, 0.2) is 16.1 Å². The molecule has 4 rings (SSSR count). The van der Waals surface area contributed by atoms with E-state index in [4.69, 9.17) is 11.6 Å². The first kappa shape index (κ1) is 15.6. The lowest BCUT2D eigenvalue weighted by Gasteiger charge is -2.42. The van der Waals surface area contributed by atoms with Gasteiger partial charge in [0.25, 0.3) is 0 Å². The summed E-state index contributed by atoms with van der Waals surface area (Å²) in [6, 6.07) is 2.13. The minimum atomic E-state index is -0.600. The third kappa shape index (κ3) is 2.59. The first-order chi connectivity index (χ1) is 11.7. The van der Waals surface area contributed by atoms with Crippen molar-refractivity contribution in [3.8, 4) is 0 Å². The summed E-state index contributed by atoms with van der Waals surface area (Å²) in [5, 5.41) is 5.17. The Balaban J connectivity index is 1.75. The summed E-state index contributed by atoms with van der Waals surface area (Å²) < 4.78 is 16.2. The topological polar surface area (TPSA) is 59.7 Å². The molecular formula is C15H14ClFN6S. The zero-order valence-electron chi connectivity index (χ0n) is 12.9. The minimum Gasteiger partial charge on any atom is -0.351 e. The molecule has 1 aliphatic rings. The van der Waals surface area contributed by atoms with Crippen LogP contribution < -0.4 is 4.90 Å². The van der Waals surface area contributed by atoms with Crippen LogP contribution in [0.4, 0.5) is 10.2 Å². The molecule has 6 nitrogen and oxygen atoms in total. The van der Waals surface area contributed by atoms with Crippen LogP contribution in [0.25, 0.3) is 10.9 Å². The van der Waals surface area contributed by atoms with Gasteiger partial charge in [0, 0.05) is 25.1 Å². The van der Waals surface area contributed by atoms with Gasteiger partial charge in [0.1, 0.15) is 11.3 Å². The Morgan fingerprint density at radius 3 is 2.96 bits per heavy atom. The van der Waals surface area contributed by atoms with Gasteiger partial charge < -0.3 is 4.90 Å². The highest BCUT2D eigenvalue weighted by Gasteiger charge is 2.32. The van der Waals surface area contributed by atoms with Crippen molar-refractivity contribution in [2.24, 2.45) is 0 Å². The molecule has 0 bridgehead atoms. The Morgan fingerprint density at radius 2 is 2.29 bits per heavy atom. The molecular weight excluding hydrogens is 351 g/mol. The fraction of sp³-hybridized carbons (Fsp3) is 0.333. The van der Waals surface area contributed by atoms with Crippen molar-refractivity contribution in [3.05, 3.63) is 35.6 Å². The maximum absolute atomic E-state index is 14.4. The number of nitrogens with zero attached hydrogens (tertiary/aromatic N) is 6. The molecule has 4 heterocycles. The maximum atomic E-state index is 14.4. The van der Waals surface area contributed by atoms with E-state index >= 15 is 0 Å². The summed E-state index contributed by atoms with van der Waals surface area (Å²) in [6.45, 7) is 1.58. The lowest BCUT2D eigenvalue weighted by atomic mass is 10.0. The van der Waals surface area contributed by atoms with Crippen LogP contribution in [-0.2, 0) is 6.54 Å². The lowest BCUT2D eigenvalue weighted by Crippen LogP contribution is -2.50. The lowest BCUT2D eigenvalue weighted by molar-refractivity contribution is 0.378. The van der Waals surface area contributed by atoms with Crippen molar-refractivity contribution in [2.75, 3.05) is 17.7 Å². The fourth-order valence-corrected chi connectivity index (χ4v) is 3.36. The average molecular weight is 365 g/mol. The van der Waals surface area contributed by atoms with Gasteiger partial charge in [-0.2, -0.15) is 5.10 Å². The first-order valence-corrected chi connectivity index (χ1v) is 9.07. The van der Waals surface area contributed by atoms with E-state index < -0.39 is 5.82 Å². The van der Waals surface area contributed by atoms with Crippen molar-refractivity contribution in [1.29, 1.82) is 0 Å². The molecule has 1 aliphatic heterocycles. The Bertz CT molecular complexity index is 887. The Kier molecular flexibility index (Phi) is 4.01. The SMILES string of the molecule is CSc1ncc2c(N3CC[C@@H]3Cn3cccn3)nc(Cl)c(F)c2n1. The van der Waals surface area contributed by atoms with E-state index in [1.807, 2.05) is 23.2 Å². The molecule has 9 heteroatoms. The van der Waals surface area contributed by atoms with E-state index in [0.29, 0.717) is 16.4 Å². The summed E-state index contributed by atoms with van der Waals surface area (Å²) in [6.07, 6.45) is 8.16. The van der Waals surface area contributed by atoms with Crippen molar-refractivity contribution >= 4 is 40.1 Å². The second kappa shape index (κ2) is 6.18. The van der Waals surface area contributed by atoms with Crippen LogP contribution in [0, 0.1) is 5.82 Å². The molecule has 3 aromatic rings. The van der Waals surface area contributed by atoms with E-state index in [1.54, 1.807) is 12.4 Å². The van der Waals surface area contributed by atoms with Crippen LogP contribution in [0.3, 0.4) is 0 Å². The summed E-state index contributed by atoms with van der Waals surface area (Å²) in [7, 11) is 0. The summed E-state index contributed by atoms with van der Waals surface area (Å²) in [4.78, 5) is 14.9. The number of hydrogen-bond acceptors (Lipinski definition) is 6. The van der Waals surface area contributed by atoms with E-state index in [-0.39, 0.29) is 16.7 Å². The minimum absolute atomic E-state index is 0.159. The third-order valence-corrected chi connectivity index (χ3v) is 4.97.